The molecule has 3 heteroatoms. The number of nitrogens with zero attached hydrogens (tertiary/aromatic N) is 2. The van der Waals surface area contributed by atoms with E-state index >= 15 is 0 Å². The second kappa shape index (κ2) is 12.1. The number of fused-ring (bicyclic) bond motifs is 10. The highest BCUT2D eigenvalue weighted by atomic mass is 16.5. The molecule has 0 radical (unpaired) electrons. The third-order valence-corrected chi connectivity index (χ3v) is 11.6. The average molecular weight is 691 g/mol. The highest BCUT2D eigenvalue weighted by molar-refractivity contribution is 6.03. The highest BCUT2D eigenvalue weighted by Crippen LogP contribution is 2.64. The predicted molar refractivity (Wildman–Crippen MR) is 219 cm³/mol. The van der Waals surface area contributed by atoms with Crippen molar-refractivity contribution in [2.24, 2.45) is 5.92 Å². The summed E-state index contributed by atoms with van der Waals surface area (Å²) in [6, 6.07) is 60.4. The average Bonchev–Trinajstić information content (AvgIpc) is 3.54. The Hall–Kier alpha value is -6.84. The number of allylic oxidation sites excluding steroid dienone is 4. The van der Waals surface area contributed by atoms with Crippen LogP contribution in [0.15, 0.2) is 194 Å². The topological polar surface area (TPSA) is 35.0 Å². The van der Waals surface area contributed by atoms with Crippen LogP contribution in [0.2, 0.25) is 0 Å². The largest absolute Gasteiger partial charge is 0.457 e. The second-order valence-electron chi connectivity index (χ2n) is 14.4. The van der Waals surface area contributed by atoms with Gasteiger partial charge in [-0.25, -0.2) is 9.97 Å². The van der Waals surface area contributed by atoms with Crippen molar-refractivity contribution in [1.29, 1.82) is 0 Å². The standard InChI is InChI=1S/C51H34N2O/c1-3-16-34(17-4-1)45-32-46(35-18-5-2-6-19-35)53-50(52-45)49-37-20-8-7-15-33(37)27-29-38(49)36-28-30-48-44(31-36)51(43-25-13-14-26-47(43)54-48)41-23-11-9-21-39(41)40-22-10-12-24-42(40)51/h1-32,39,41H. The van der Waals surface area contributed by atoms with E-state index in [1.807, 2.05) is 12.1 Å². The maximum Gasteiger partial charge on any atom is 0.161 e. The van der Waals surface area contributed by atoms with E-state index in [0.717, 1.165) is 61.5 Å². The molecule has 0 N–H and O–H groups in total. The van der Waals surface area contributed by atoms with Crippen molar-refractivity contribution in [3.8, 4) is 56.5 Å². The number of aromatic nitrogens is 2. The van der Waals surface area contributed by atoms with Crippen LogP contribution in [0, 0.1) is 5.92 Å². The molecule has 8 aromatic rings. The molecular formula is C51H34N2O. The van der Waals surface area contributed by atoms with Crippen molar-refractivity contribution in [1.82, 2.24) is 9.97 Å². The molecule has 0 amide bonds. The van der Waals surface area contributed by atoms with E-state index < -0.39 is 5.41 Å². The Morgan fingerprint density at radius 3 is 1.93 bits per heavy atom. The first-order valence-corrected chi connectivity index (χ1v) is 18.7. The number of hydrogen-bond donors (Lipinski definition) is 0. The number of benzene rings is 7. The summed E-state index contributed by atoms with van der Waals surface area (Å²) in [6.07, 6.45) is 9.22. The maximum atomic E-state index is 6.80. The summed E-state index contributed by atoms with van der Waals surface area (Å²) in [5, 5.41) is 2.25. The molecule has 254 valence electrons. The minimum atomic E-state index is -0.441. The lowest BCUT2D eigenvalue weighted by Crippen LogP contribution is -2.37. The van der Waals surface area contributed by atoms with E-state index in [4.69, 9.17) is 14.7 Å². The van der Waals surface area contributed by atoms with Gasteiger partial charge in [-0.05, 0) is 57.3 Å². The van der Waals surface area contributed by atoms with Gasteiger partial charge in [-0.1, -0.05) is 170 Å². The Labute approximate surface area is 314 Å². The minimum absolute atomic E-state index is 0.189. The van der Waals surface area contributed by atoms with E-state index in [1.54, 1.807) is 0 Å². The van der Waals surface area contributed by atoms with Gasteiger partial charge in [0.1, 0.15) is 11.5 Å². The molecular weight excluding hydrogens is 657 g/mol. The number of hydrogen-bond acceptors (Lipinski definition) is 3. The van der Waals surface area contributed by atoms with Gasteiger partial charge in [0.25, 0.3) is 0 Å². The first-order valence-electron chi connectivity index (χ1n) is 18.7. The normalized spacial score (nSPS) is 18.8. The fourth-order valence-corrected chi connectivity index (χ4v) is 9.36. The third-order valence-electron chi connectivity index (χ3n) is 11.6. The Bertz CT molecular complexity index is 2760. The number of ether oxygens (including phenoxy) is 1. The summed E-state index contributed by atoms with van der Waals surface area (Å²) in [7, 11) is 0. The Kier molecular flexibility index (Phi) is 6.90. The molecule has 3 nitrogen and oxygen atoms in total. The van der Waals surface area contributed by atoms with Crippen LogP contribution in [-0.2, 0) is 5.41 Å². The van der Waals surface area contributed by atoms with Gasteiger partial charge in [-0.15, -0.1) is 0 Å². The van der Waals surface area contributed by atoms with E-state index in [1.165, 1.54) is 22.3 Å². The summed E-state index contributed by atoms with van der Waals surface area (Å²) in [6.45, 7) is 0. The highest BCUT2D eigenvalue weighted by Gasteiger charge is 2.56. The molecule has 0 fully saturated rings. The zero-order valence-corrected chi connectivity index (χ0v) is 29.4. The first-order chi connectivity index (χ1) is 26.8. The van der Waals surface area contributed by atoms with Crippen LogP contribution in [0.5, 0.6) is 11.5 Å². The summed E-state index contributed by atoms with van der Waals surface area (Å²) < 4.78 is 6.80. The van der Waals surface area contributed by atoms with Gasteiger partial charge in [0.05, 0.1) is 16.8 Å². The fraction of sp³-hybridized carbons (Fsp3) is 0.0588. The summed E-state index contributed by atoms with van der Waals surface area (Å²) in [4.78, 5) is 10.7. The zero-order chi connectivity index (χ0) is 35.6. The van der Waals surface area contributed by atoms with Crippen molar-refractivity contribution in [2.75, 3.05) is 0 Å². The van der Waals surface area contributed by atoms with Crippen molar-refractivity contribution >= 4 is 10.8 Å². The molecule has 1 aromatic heterocycles. The van der Waals surface area contributed by atoms with Crippen molar-refractivity contribution in [3.63, 3.8) is 0 Å². The monoisotopic (exact) mass is 690 g/mol. The Balaban J connectivity index is 1.19. The lowest BCUT2D eigenvalue weighted by molar-refractivity contribution is 0.374. The first kappa shape index (κ1) is 30.8. The maximum absolute atomic E-state index is 6.80. The van der Waals surface area contributed by atoms with E-state index in [2.05, 4.69) is 182 Å². The molecule has 2 heterocycles. The fourth-order valence-electron chi connectivity index (χ4n) is 9.36. The van der Waals surface area contributed by atoms with Crippen LogP contribution in [0.25, 0.3) is 55.8 Å². The van der Waals surface area contributed by atoms with Crippen LogP contribution < -0.4 is 4.74 Å². The molecule has 0 saturated heterocycles. The van der Waals surface area contributed by atoms with E-state index in [0.29, 0.717) is 5.82 Å². The van der Waals surface area contributed by atoms with Gasteiger partial charge in [0.15, 0.2) is 5.82 Å². The second-order valence-corrected chi connectivity index (χ2v) is 14.4. The molecule has 3 unspecified atom stereocenters. The van der Waals surface area contributed by atoms with Gasteiger partial charge in [-0.2, -0.15) is 0 Å². The van der Waals surface area contributed by atoms with Gasteiger partial charge < -0.3 is 4.74 Å². The van der Waals surface area contributed by atoms with Crippen molar-refractivity contribution in [2.45, 2.75) is 11.3 Å². The van der Waals surface area contributed by atoms with Crippen molar-refractivity contribution in [3.05, 3.63) is 216 Å². The van der Waals surface area contributed by atoms with Gasteiger partial charge in [0.2, 0.25) is 0 Å². The van der Waals surface area contributed by atoms with Gasteiger partial charge in [-0.3, -0.25) is 0 Å². The SMILES string of the molecule is C1=CC2c3ccccc3C3(c4ccccc4Oc4ccc(-c5ccc6ccccc6c5-c5nc(-c6ccccc6)cc(-c6ccccc6)n5)cc43)C2C=C1. The van der Waals surface area contributed by atoms with Crippen molar-refractivity contribution < 1.29 is 4.74 Å². The predicted octanol–water partition coefficient (Wildman–Crippen LogP) is 12.6. The van der Waals surface area contributed by atoms with E-state index in [-0.39, 0.29) is 11.8 Å². The van der Waals surface area contributed by atoms with Crippen LogP contribution in [-0.4, -0.2) is 9.97 Å². The number of para-hydroxylation sites is 1. The summed E-state index contributed by atoms with van der Waals surface area (Å²) in [5.74, 6) is 2.96. The summed E-state index contributed by atoms with van der Waals surface area (Å²) in [5.41, 5.74) is 11.7. The number of rotatable bonds is 4. The molecule has 2 aliphatic carbocycles. The van der Waals surface area contributed by atoms with Crippen LogP contribution in [0.1, 0.15) is 28.2 Å². The van der Waals surface area contributed by atoms with Gasteiger partial charge in [0, 0.05) is 39.7 Å². The minimum Gasteiger partial charge on any atom is -0.457 e. The van der Waals surface area contributed by atoms with Crippen LogP contribution in [0.4, 0.5) is 0 Å². The molecule has 3 aliphatic rings. The molecule has 11 rings (SSSR count). The Morgan fingerprint density at radius 2 is 1.13 bits per heavy atom. The molecule has 3 atom stereocenters. The molecule has 7 aromatic carbocycles. The Morgan fingerprint density at radius 1 is 0.481 bits per heavy atom. The molecule has 1 aliphatic heterocycles. The zero-order valence-electron chi connectivity index (χ0n) is 29.4. The molecule has 54 heavy (non-hydrogen) atoms. The molecule has 1 spiro atoms. The molecule has 0 bridgehead atoms. The van der Waals surface area contributed by atoms with E-state index in [9.17, 15) is 0 Å². The summed E-state index contributed by atoms with van der Waals surface area (Å²) >= 11 is 0. The third kappa shape index (κ3) is 4.55. The van der Waals surface area contributed by atoms with Crippen LogP contribution in [0.3, 0.4) is 0 Å². The van der Waals surface area contributed by atoms with Gasteiger partial charge >= 0.3 is 0 Å². The quantitative estimate of drug-likeness (QED) is 0.184. The lowest BCUT2D eigenvalue weighted by Gasteiger charge is -2.43. The smallest absolute Gasteiger partial charge is 0.161 e. The molecule has 0 saturated carbocycles. The van der Waals surface area contributed by atoms with Crippen LogP contribution >= 0.6 is 0 Å². The lowest BCUT2D eigenvalue weighted by atomic mass is 9.61.